The number of rotatable bonds is 5. The van der Waals surface area contributed by atoms with Gasteiger partial charge in [-0.1, -0.05) is 37.3 Å². The predicted molar refractivity (Wildman–Crippen MR) is 87.2 cm³/mol. The van der Waals surface area contributed by atoms with Crippen LogP contribution in [0, 0.1) is 0 Å². The Hall–Kier alpha value is -1.76. The lowest BCUT2D eigenvalue weighted by molar-refractivity contribution is 0.391. The quantitative estimate of drug-likeness (QED) is 0.671. The molecule has 1 nitrogen and oxygen atoms in total. The monoisotopic (exact) mass is 265 g/mol. The molecular formula is C19H23N. The molecule has 1 heterocycles. The molecule has 1 heteroatoms. The summed E-state index contributed by atoms with van der Waals surface area (Å²) < 4.78 is 2.48. The van der Waals surface area contributed by atoms with Gasteiger partial charge < -0.3 is 4.57 Å². The molecule has 0 N–H and O–H groups in total. The van der Waals surface area contributed by atoms with E-state index < -0.39 is 0 Å². The summed E-state index contributed by atoms with van der Waals surface area (Å²) in [7, 11) is 0. The molecule has 104 valence electrons. The maximum atomic E-state index is 3.99. The smallest absolute Gasteiger partial charge is 0.0488 e. The van der Waals surface area contributed by atoms with E-state index in [1.165, 1.54) is 30.2 Å². The van der Waals surface area contributed by atoms with Crippen LogP contribution in [0.1, 0.15) is 37.4 Å². The van der Waals surface area contributed by atoms with E-state index in [1.807, 2.05) is 6.08 Å². The molecule has 0 saturated carbocycles. The fourth-order valence-corrected chi connectivity index (χ4v) is 4.00. The Kier molecular flexibility index (Phi) is 3.29. The van der Waals surface area contributed by atoms with Crippen molar-refractivity contribution in [3.63, 3.8) is 0 Å². The Morgan fingerprint density at radius 1 is 1.25 bits per heavy atom. The molecule has 3 rings (SSSR count). The fraction of sp³-hybridized carbons (Fsp3) is 0.368. The molecule has 20 heavy (non-hydrogen) atoms. The zero-order valence-electron chi connectivity index (χ0n) is 12.4. The molecule has 1 aromatic heterocycles. The third kappa shape index (κ3) is 1.69. The van der Waals surface area contributed by atoms with Crippen LogP contribution in [-0.2, 0) is 18.4 Å². The number of fused-ring (bicyclic) bond motifs is 3. The van der Waals surface area contributed by atoms with Crippen molar-refractivity contribution in [1.29, 1.82) is 0 Å². The number of allylic oxidation sites excluding steroid dienone is 2. The van der Waals surface area contributed by atoms with Gasteiger partial charge in [0.15, 0.2) is 0 Å². The van der Waals surface area contributed by atoms with Crippen molar-refractivity contribution in [3.05, 3.63) is 60.8 Å². The van der Waals surface area contributed by atoms with E-state index in [4.69, 9.17) is 0 Å². The van der Waals surface area contributed by atoms with Crippen LogP contribution in [-0.4, -0.2) is 4.57 Å². The van der Waals surface area contributed by atoms with Crippen LogP contribution in [0.5, 0.6) is 0 Å². The van der Waals surface area contributed by atoms with Crippen molar-refractivity contribution in [3.8, 4) is 0 Å². The second-order valence-corrected chi connectivity index (χ2v) is 5.87. The average molecular weight is 265 g/mol. The zero-order chi connectivity index (χ0) is 14.2. The van der Waals surface area contributed by atoms with Crippen molar-refractivity contribution in [2.45, 2.75) is 44.6 Å². The van der Waals surface area contributed by atoms with Gasteiger partial charge in [-0.05, 0) is 37.3 Å². The van der Waals surface area contributed by atoms with Crippen LogP contribution in [0.25, 0.3) is 10.9 Å². The minimum Gasteiger partial charge on any atom is -0.340 e. The van der Waals surface area contributed by atoms with Crippen LogP contribution in [0.15, 0.2) is 49.6 Å². The van der Waals surface area contributed by atoms with Gasteiger partial charge in [0.2, 0.25) is 0 Å². The zero-order valence-corrected chi connectivity index (χ0v) is 12.4. The topological polar surface area (TPSA) is 4.93 Å². The highest BCUT2D eigenvalue weighted by Gasteiger charge is 2.40. The van der Waals surface area contributed by atoms with Crippen LogP contribution < -0.4 is 0 Å². The van der Waals surface area contributed by atoms with Gasteiger partial charge in [0.1, 0.15) is 0 Å². The molecule has 1 unspecified atom stereocenters. The maximum Gasteiger partial charge on any atom is 0.0488 e. The maximum absolute atomic E-state index is 3.99. The Bertz CT molecular complexity index is 662. The summed E-state index contributed by atoms with van der Waals surface area (Å²) >= 11 is 0. The third-order valence-electron chi connectivity index (χ3n) is 4.96. The molecule has 0 fully saturated rings. The lowest BCUT2D eigenvalue weighted by atomic mass is 9.79. The van der Waals surface area contributed by atoms with Gasteiger partial charge >= 0.3 is 0 Å². The minimum absolute atomic E-state index is 0.277. The van der Waals surface area contributed by atoms with Gasteiger partial charge in [-0.15, -0.1) is 13.2 Å². The number of benzene rings is 1. The van der Waals surface area contributed by atoms with E-state index in [9.17, 15) is 0 Å². The molecule has 1 aromatic carbocycles. The van der Waals surface area contributed by atoms with Crippen molar-refractivity contribution in [2.75, 3.05) is 0 Å². The standard InChI is InChI=1S/C19H23N/c1-4-12-19(6-3)13-11-16-15-9-7-8-10-17(15)20(14-5-2)18(16)19/h4-5,7-10H,1-2,6,11-14H2,3H3. The normalized spacial score (nSPS) is 21.1. The molecule has 0 bridgehead atoms. The van der Waals surface area contributed by atoms with Gasteiger partial charge in [0, 0.05) is 28.6 Å². The molecule has 1 aliphatic rings. The number of aryl methyl sites for hydroxylation is 1. The van der Waals surface area contributed by atoms with E-state index in [1.54, 1.807) is 11.3 Å². The Labute approximate surface area is 121 Å². The van der Waals surface area contributed by atoms with Gasteiger partial charge in [-0.25, -0.2) is 0 Å². The number of hydrogen-bond acceptors (Lipinski definition) is 0. The summed E-state index contributed by atoms with van der Waals surface area (Å²) in [5.41, 5.74) is 4.74. The first-order valence-corrected chi connectivity index (χ1v) is 7.60. The summed E-state index contributed by atoms with van der Waals surface area (Å²) in [6.07, 6.45) is 8.81. The molecule has 2 aromatic rings. The van der Waals surface area contributed by atoms with Crippen molar-refractivity contribution < 1.29 is 0 Å². The first-order valence-electron chi connectivity index (χ1n) is 7.60. The average Bonchev–Trinajstić information content (AvgIpc) is 2.99. The molecule has 1 aliphatic carbocycles. The molecule has 1 atom stereocenters. The highest BCUT2D eigenvalue weighted by atomic mass is 15.0. The van der Waals surface area contributed by atoms with E-state index in [2.05, 4.69) is 55.0 Å². The number of para-hydroxylation sites is 1. The van der Waals surface area contributed by atoms with Gasteiger partial charge in [-0.3, -0.25) is 0 Å². The predicted octanol–water partition coefficient (Wildman–Crippen LogP) is 5.00. The van der Waals surface area contributed by atoms with E-state index >= 15 is 0 Å². The summed E-state index contributed by atoms with van der Waals surface area (Å²) in [5.74, 6) is 0. The molecule has 0 amide bonds. The van der Waals surface area contributed by atoms with Crippen LogP contribution >= 0.6 is 0 Å². The number of nitrogens with zero attached hydrogens (tertiary/aromatic N) is 1. The van der Waals surface area contributed by atoms with E-state index in [0.717, 1.165) is 13.0 Å². The first-order chi connectivity index (χ1) is 9.77. The minimum atomic E-state index is 0.277. The second kappa shape index (κ2) is 4.97. The van der Waals surface area contributed by atoms with Gasteiger partial charge in [0.05, 0.1) is 0 Å². The fourth-order valence-electron chi connectivity index (χ4n) is 4.00. The van der Waals surface area contributed by atoms with E-state index in [-0.39, 0.29) is 5.41 Å². The first kappa shape index (κ1) is 13.2. The molecule has 0 saturated heterocycles. The summed E-state index contributed by atoms with van der Waals surface area (Å²) in [6.45, 7) is 11.1. The Morgan fingerprint density at radius 2 is 2.05 bits per heavy atom. The summed E-state index contributed by atoms with van der Waals surface area (Å²) in [6, 6.07) is 8.80. The SMILES string of the molecule is C=CCn1c2c(c3ccccc31)CCC2(CC)CC=C. The lowest BCUT2D eigenvalue weighted by Gasteiger charge is -2.29. The van der Waals surface area contributed by atoms with Crippen molar-refractivity contribution in [2.24, 2.45) is 0 Å². The van der Waals surface area contributed by atoms with Crippen LogP contribution in [0.4, 0.5) is 0 Å². The highest BCUT2D eigenvalue weighted by Crippen LogP contribution is 2.48. The molecular weight excluding hydrogens is 242 g/mol. The summed E-state index contributed by atoms with van der Waals surface area (Å²) in [4.78, 5) is 0. The summed E-state index contributed by atoms with van der Waals surface area (Å²) in [5, 5.41) is 1.43. The van der Waals surface area contributed by atoms with Crippen LogP contribution in [0.2, 0.25) is 0 Å². The third-order valence-corrected chi connectivity index (χ3v) is 4.96. The van der Waals surface area contributed by atoms with E-state index in [0.29, 0.717) is 0 Å². The highest BCUT2D eigenvalue weighted by molar-refractivity contribution is 5.87. The number of aromatic nitrogens is 1. The molecule has 0 radical (unpaired) electrons. The Balaban J connectivity index is 2.31. The largest absolute Gasteiger partial charge is 0.340 e. The van der Waals surface area contributed by atoms with Gasteiger partial charge in [0.25, 0.3) is 0 Å². The molecule has 0 spiro atoms. The second-order valence-electron chi connectivity index (χ2n) is 5.87. The van der Waals surface area contributed by atoms with Crippen LogP contribution in [0.3, 0.4) is 0 Å². The number of hydrogen-bond donors (Lipinski definition) is 0. The lowest BCUT2D eigenvalue weighted by Crippen LogP contribution is -2.25. The molecule has 0 aliphatic heterocycles. The van der Waals surface area contributed by atoms with Gasteiger partial charge in [-0.2, -0.15) is 0 Å². The Morgan fingerprint density at radius 3 is 2.75 bits per heavy atom. The van der Waals surface area contributed by atoms with Crippen molar-refractivity contribution in [1.82, 2.24) is 4.57 Å². The van der Waals surface area contributed by atoms with Crippen molar-refractivity contribution >= 4 is 10.9 Å².